The van der Waals surface area contributed by atoms with E-state index >= 15 is 0 Å². The van der Waals surface area contributed by atoms with Crippen LogP contribution >= 0.6 is 11.3 Å². The molecule has 1 aromatic rings. The van der Waals surface area contributed by atoms with Crippen LogP contribution in [0.5, 0.6) is 5.88 Å². The second-order valence-electron chi connectivity index (χ2n) is 3.58. The molecule has 0 bridgehead atoms. The fraction of sp³-hybridized carbons (Fsp3) is 0.545. The molecule has 0 aliphatic rings. The number of methoxy groups -OCH3 is 1. The van der Waals surface area contributed by atoms with E-state index in [1.807, 2.05) is 32.0 Å². The first-order chi connectivity index (χ1) is 7.62. The molecule has 16 heavy (non-hydrogen) atoms. The zero-order valence-electron chi connectivity index (χ0n) is 10.1. The quantitative estimate of drug-likeness (QED) is 0.858. The van der Waals surface area contributed by atoms with Gasteiger partial charge < -0.3 is 14.7 Å². The predicted octanol–water partition coefficient (Wildman–Crippen LogP) is 2.00. The summed E-state index contributed by atoms with van der Waals surface area (Å²) in [5.74, 6) is 0.619. The number of hydrogen-bond acceptors (Lipinski definition) is 5. The third-order valence-electron chi connectivity index (χ3n) is 2.18. The number of ether oxygens (including phenoxy) is 1. The van der Waals surface area contributed by atoms with Gasteiger partial charge in [-0.2, -0.15) is 4.98 Å². The molecule has 0 unspecified atom stereocenters. The highest BCUT2D eigenvalue weighted by atomic mass is 32.1. The number of rotatable bonds is 5. The summed E-state index contributed by atoms with van der Waals surface area (Å²) in [6, 6.07) is 0. The number of anilines is 1. The van der Waals surface area contributed by atoms with Gasteiger partial charge in [0.05, 0.1) is 18.6 Å². The number of aliphatic hydroxyl groups is 1. The SMILES string of the molecule is CCC(=Cc1sc(N(C)C)nc1OC)CO. The summed E-state index contributed by atoms with van der Waals surface area (Å²) in [6.07, 6.45) is 2.78. The molecule has 1 rings (SSSR count). The van der Waals surface area contributed by atoms with Crippen molar-refractivity contribution in [2.24, 2.45) is 0 Å². The zero-order chi connectivity index (χ0) is 12.1. The lowest BCUT2D eigenvalue weighted by molar-refractivity contribution is 0.329. The minimum absolute atomic E-state index is 0.0782. The largest absolute Gasteiger partial charge is 0.480 e. The first kappa shape index (κ1) is 13.0. The van der Waals surface area contributed by atoms with E-state index in [0.717, 1.165) is 22.0 Å². The molecule has 0 aliphatic heterocycles. The fourth-order valence-corrected chi connectivity index (χ4v) is 2.13. The van der Waals surface area contributed by atoms with E-state index in [1.165, 1.54) is 0 Å². The molecule has 5 heteroatoms. The molecule has 0 aliphatic carbocycles. The maximum absolute atomic E-state index is 9.13. The molecule has 1 heterocycles. The normalized spacial score (nSPS) is 11.7. The van der Waals surface area contributed by atoms with Crippen molar-refractivity contribution in [2.45, 2.75) is 13.3 Å². The maximum atomic E-state index is 9.13. The van der Waals surface area contributed by atoms with Crippen LogP contribution in [0.3, 0.4) is 0 Å². The zero-order valence-corrected chi connectivity index (χ0v) is 11.0. The third kappa shape index (κ3) is 2.96. The van der Waals surface area contributed by atoms with Gasteiger partial charge in [-0.25, -0.2) is 0 Å². The Bertz CT molecular complexity index is 366. The van der Waals surface area contributed by atoms with Crippen LogP contribution in [0.4, 0.5) is 5.13 Å². The molecule has 0 radical (unpaired) electrons. The molecule has 90 valence electrons. The van der Waals surface area contributed by atoms with Gasteiger partial charge in [0.25, 0.3) is 0 Å². The highest BCUT2D eigenvalue weighted by Crippen LogP contribution is 2.32. The summed E-state index contributed by atoms with van der Waals surface area (Å²) in [5, 5.41) is 10.0. The van der Waals surface area contributed by atoms with Gasteiger partial charge in [-0.3, -0.25) is 0 Å². The number of aliphatic hydroxyl groups excluding tert-OH is 1. The smallest absolute Gasteiger partial charge is 0.233 e. The minimum Gasteiger partial charge on any atom is -0.480 e. The van der Waals surface area contributed by atoms with Crippen LogP contribution in [0.1, 0.15) is 18.2 Å². The van der Waals surface area contributed by atoms with Gasteiger partial charge in [-0.1, -0.05) is 18.3 Å². The number of hydrogen-bond donors (Lipinski definition) is 1. The lowest BCUT2D eigenvalue weighted by atomic mass is 10.2. The van der Waals surface area contributed by atoms with Crippen molar-refractivity contribution in [1.82, 2.24) is 4.98 Å². The Kier molecular flexibility index (Phi) is 4.76. The van der Waals surface area contributed by atoms with Crippen LogP contribution in [-0.2, 0) is 0 Å². The maximum Gasteiger partial charge on any atom is 0.233 e. The molecule has 1 N–H and O–H groups in total. The van der Waals surface area contributed by atoms with E-state index in [4.69, 9.17) is 9.84 Å². The molecule has 0 fully saturated rings. The molecule has 1 aromatic heterocycles. The molecule has 0 aromatic carbocycles. The van der Waals surface area contributed by atoms with Gasteiger partial charge in [-0.05, 0) is 18.1 Å². The lowest BCUT2D eigenvalue weighted by Crippen LogP contribution is -2.07. The summed E-state index contributed by atoms with van der Waals surface area (Å²) < 4.78 is 5.21. The van der Waals surface area contributed by atoms with Crippen LogP contribution in [0.25, 0.3) is 6.08 Å². The van der Waals surface area contributed by atoms with E-state index in [9.17, 15) is 0 Å². The average molecular weight is 242 g/mol. The van der Waals surface area contributed by atoms with Crippen molar-refractivity contribution in [1.29, 1.82) is 0 Å². The van der Waals surface area contributed by atoms with Crippen molar-refractivity contribution in [3.8, 4) is 5.88 Å². The van der Waals surface area contributed by atoms with Crippen molar-refractivity contribution in [2.75, 3.05) is 32.7 Å². The van der Waals surface area contributed by atoms with Gasteiger partial charge in [-0.15, -0.1) is 0 Å². The number of aromatic nitrogens is 1. The van der Waals surface area contributed by atoms with Crippen molar-refractivity contribution < 1.29 is 9.84 Å². The molecule has 4 nitrogen and oxygen atoms in total. The Morgan fingerprint density at radius 3 is 2.69 bits per heavy atom. The predicted molar refractivity (Wildman–Crippen MR) is 68.3 cm³/mol. The molecular weight excluding hydrogens is 224 g/mol. The lowest BCUT2D eigenvalue weighted by Gasteiger charge is -2.04. The number of thiazole rings is 1. The molecule has 0 spiro atoms. The van der Waals surface area contributed by atoms with Crippen LogP contribution < -0.4 is 9.64 Å². The summed E-state index contributed by atoms with van der Waals surface area (Å²) in [4.78, 5) is 7.24. The molecular formula is C11H18N2O2S. The van der Waals surface area contributed by atoms with Crippen LogP contribution in [0, 0.1) is 0 Å². The van der Waals surface area contributed by atoms with Crippen molar-refractivity contribution in [3.05, 3.63) is 10.5 Å². The Hall–Kier alpha value is -1.07. The second-order valence-corrected chi connectivity index (χ2v) is 4.59. The average Bonchev–Trinajstić information content (AvgIpc) is 2.69. The second kappa shape index (κ2) is 5.86. The first-order valence-corrected chi connectivity index (χ1v) is 5.96. The Morgan fingerprint density at radius 1 is 1.56 bits per heavy atom. The van der Waals surface area contributed by atoms with Crippen LogP contribution in [-0.4, -0.2) is 37.9 Å². The number of nitrogens with zero attached hydrogens (tertiary/aromatic N) is 2. The van der Waals surface area contributed by atoms with Crippen molar-refractivity contribution >= 4 is 22.5 Å². The summed E-state index contributed by atoms with van der Waals surface area (Å²) in [5.41, 5.74) is 0.979. The van der Waals surface area contributed by atoms with E-state index < -0.39 is 0 Å². The Morgan fingerprint density at radius 2 is 2.25 bits per heavy atom. The molecule has 0 atom stereocenters. The fourth-order valence-electron chi connectivity index (χ4n) is 1.18. The van der Waals surface area contributed by atoms with Gasteiger partial charge in [0.15, 0.2) is 5.13 Å². The van der Waals surface area contributed by atoms with E-state index in [1.54, 1.807) is 18.4 Å². The van der Waals surface area contributed by atoms with Gasteiger partial charge >= 0.3 is 0 Å². The van der Waals surface area contributed by atoms with E-state index in [0.29, 0.717) is 5.88 Å². The Labute approximate surface area is 100 Å². The Balaban J connectivity index is 3.07. The molecule has 0 saturated heterocycles. The highest BCUT2D eigenvalue weighted by molar-refractivity contribution is 7.16. The molecule has 0 amide bonds. The third-order valence-corrected chi connectivity index (χ3v) is 3.33. The topological polar surface area (TPSA) is 45.6 Å². The summed E-state index contributed by atoms with van der Waals surface area (Å²) >= 11 is 1.55. The van der Waals surface area contributed by atoms with Crippen molar-refractivity contribution in [3.63, 3.8) is 0 Å². The molecule has 0 saturated carbocycles. The summed E-state index contributed by atoms with van der Waals surface area (Å²) in [7, 11) is 5.49. The van der Waals surface area contributed by atoms with Crippen LogP contribution in [0.2, 0.25) is 0 Å². The summed E-state index contributed by atoms with van der Waals surface area (Å²) in [6.45, 7) is 2.09. The van der Waals surface area contributed by atoms with E-state index in [2.05, 4.69) is 4.98 Å². The van der Waals surface area contributed by atoms with Gasteiger partial charge in [0, 0.05) is 14.1 Å². The standard InChI is InChI=1S/C11H18N2O2S/c1-5-8(7-14)6-9-10(15-4)12-11(16-9)13(2)3/h6,14H,5,7H2,1-4H3. The minimum atomic E-state index is 0.0782. The highest BCUT2D eigenvalue weighted by Gasteiger charge is 2.11. The monoisotopic (exact) mass is 242 g/mol. The first-order valence-electron chi connectivity index (χ1n) is 5.14. The van der Waals surface area contributed by atoms with Crippen LogP contribution in [0.15, 0.2) is 5.57 Å². The van der Waals surface area contributed by atoms with E-state index in [-0.39, 0.29) is 6.61 Å². The van der Waals surface area contributed by atoms with Gasteiger partial charge in [0.1, 0.15) is 0 Å². The van der Waals surface area contributed by atoms with Gasteiger partial charge in [0.2, 0.25) is 5.88 Å².